The van der Waals surface area contributed by atoms with Gasteiger partial charge < -0.3 is 10.4 Å². The Kier molecular flexibility index (Phi) is 4.26. The number of carbonyl (C=O) groups is 1. The predicted octanol–water partition coefficient (Wildman–Crippen LogP) is 4.31. The Bertz CT molecular complexity index is 682. The molecule has 0 aliphatic carbocycles. The first-order valence-corrected chi connectivity index (χ1v) is 6.75. The van der Waals surface area contributed by atoms with E-state index < -0.39 is 5.97 Å². The summed E-state index contributed by atoms with van der Waals surface area (Å²) in [4.78, 5) is 11.3. The summed E-state index contributed by atoms with van der Waals surface area (Å²) in [6.07, 6.45) is 0. The zero-order valence-corrected chi connectivity index (χ0v) is 12.3. The highest BCUT2D eigenvalue weighted by Crippen LogP contribution is 2.24. The minimum atomic E-state index is -0.983. The molecule has 4 heteroatoms. The molecule has 0 saturated carbocycles. The lowest BCUT2D eigenvalue weighted by Gasteiger charge is -2.18. The van der Waals surface area contributed by atoms with Crippen LogP contribution in [0, 0.1) is 19.7 Å². The molecule has 0 aliphatic rings. The first-order chi connectivity index (χ1) is 9.88. The van der Waals surface area contributed by atoms with Crippen LogP contribution in [-0.4, -0.2) is 11.1 Å². The summed E-state index contributed by atoms with van der Waals surface area (Å²) in [6, 6.07) is 10.0. The second-order valence-electron chi connectivity index (χ2n) is 5.23. The largest absolute Gasteiger partial charge is 0.478 e. The smallest absolute Gasteiger partial charge is 0.337 e. The Morgan fingerprint density at radius 1 is 1.19 bits per heavy atom. The van der Waals surface area contributed by atoms with Crippen LogP contribution in [0.25, 0.3) is 0 Å². The fraction of sp³-hybridized carbons (Fsp3) is 0.235. The van der Waals surface area contributed by atoms with Gasteiger partial charge in [0, 0.05) is 11.7 Å². The third kappa shape index (κ3) is 3.40. The number of carboxylic acid groups (broad SMARTS) is 1. The van der Waals surface area contributed by atoms with E-state index in [-0.39, 0.29) is 17.4 Å². The van der Waals surface area contributed by atoms with Gasteiger partial charge in [-0.3, -0.25) is 0 Å². The number of hydrogen-bond acceptors (Lipinski definition) is 2. The Hall–Kier alpha value is -2.36. The summed E-state index contributed by atoms with van der Waals surface area (Å²) in [5, 5.41) is 12.4. The molecule has 1 unspecified atom stereocenters. The van der Waals surface area contributed by atoms with Crippen molar-refractivity contribution in [3.05, 3.63) is 64.5 Å². The van der Waals surface area contributed by atoms with Crippen molar-refractivity contribution in [2.24, 2.45) is 0 Å². The van der Waals surface area contributed by atoms with Gasteiger partial charge in [-0.25, -0.2) is 9.18 Å². The van der Waals surface area contributed by atoms with Crippen LogP contribution in [0.15, 0.2) is 36.4 Å². The average Bonchev–Trinajstić information content (AvgIpc) is 2.43. The molecule has 0 radical (unpaired) electrons. The summed E-state index contributed by atoms with van der Waals surface area (Å²) in [5.74, 6) is -1.24. The van der Waals surface area contributed by atoms with Crippen molar-refractivity contribution >= 4 is 11.7 Å². The molecule has 3 nitrogen and oxygen atoms in total. The molecule has 0 spiro atoms. The highest BCUT2D eigenvalue weighted by Gasteiger charge is 2.14. The first kappa shape index (κ1) is 15.0. The van der Waals surface area contributed by atoms with Crippen molar-refractivity contribution in [1.29, 1.82) is 0 Å². The molecule has 2 rings (SSSR count). The molecule has 0 amide bonds. The highest BCUT2D eigenvalue weighted by molar-refractivity contribution is 5.94. The number of benzene rings is 2. The normalized spacial score (nSPS) is 12.0. The van der Waals surface area contributed by atoms with Gasteiger partial charge in [-0.05, 0) is 50.1 Å². The number of rotatable bonds is 4. The van der Waals surface area contributed by atoms with Crippen molar-refractivity contribution in [3.63, 3.8) is 0 Å². The van der Waals surface area contributed by atoms with Gasteiger partial charge in [0.1, 0.15) is 5.82 Å². The van der Waals surface area contributed by atoms with Crippen LogP contribution in [0.4, 0.5) is 10.1 Å². The van der Waals surface area contributed by atoms with Crippen molar-refractivity contribution in [2.45, 2.75) is 26.8 Å². The number of hydrogen-bond donors (Lipinski definition) is 2. The molecule has 2 N–H and O–H groups in total. The fourth-order valence-corrected chi connectivity index (χ4v) is 2.16. The molecular formula is C17H18FNO2. The quantitative estimate of drug-likeness (QED) is 0.880. The van der Waals surface area contributed by atoms with Gasteiger partial charge >= 0.3 is 5.97 Å². The van der Waals surface area contributed by atoms with Crippen LogP contribution in [0.5, 0.6) is 0 Å². The Morgan fingerprint density at radius 2 is 1.90 bits per heavy atom. The molecule has 0 aromatic heterocycles. The zero-order valence-electron chi connectivity index (χ0n) is 12.3. The van der Waals surface area contributed by atoms with Crippen molar-refractivity contribution < 1.29 is 14.3 Å². The van der Waals surface area contributed by atoms with E-state index in [1.165, 1.54) is 6.07 Å². The SMILES string of the molecule is Cc1ccc(NC(C)c2ccc(C)c(F)c2)c(C(=O)O)c1. The standard InChI is InChI=1S/C17H18FNO2/c1-10-4-7-16(14(8-10)17(20)21)19-12(3)13-6-5-11(2)15(18)9-13/h4-9,12,19H,1-3H3,(H,20,21). The monoisotopic (exact) mass is 287 g/mol. The number of aryl methyl sites for hydroxylation is 2. The van der Waals surface area contributed by atoms with E-state index in [1.54, 1.807) is 25.1 Å². The molecule has 0 heterocycles. The van der Waals surface area contributed by atoms with Gasteiger partial charge in [0.05, 0.1) is 5.56 Å². The van der Waals surface area contributed by atoms with Gasteiger partial charge in [0.2, 0.25) is 0 Å². The molecule has 2 aromatic carbocycles. The third-order valence-electron chi connectivity index (χ3n) is 3.47. The Labute approximate surface area is 123 Å². The van der Waals surface area contributed by atoms with E-state index in [2.05, 4.69) is 5.32 Å². The summed E-state index contributed by atoms with van der Waals surface area (Å²) in [6.45, 7) is 5.42. The van der Waals surface area contributed by atoms with E-state index in [1.807, 2.05) is 26.0 Å². The van der Waals surface area contributed by atoms with Crippen LogP contribution < -0.4 is 5.32 Å². The second kappa shape index (κ2) is 5.95. The summed E-state index contributed by atoms with van der Waals surface area (Å²) in [7, 11) is 0. The van der Waals surface area contributed by atoms with Gasteiger partial charge in [0.25, 0.3) is 0 Å². The van der Waals surface area contributed by atoms with Gasteiger partial charge in [-0.1, -0.05) is 23.8 Å². The van der Waals surface area contributed by atoms with E-state index in [0.717, 1.165) is 11.1 Å². The third-order valence-corrected chi connectivity index (χ3v) is 3.47. The highest BCUT2D eigenvalue weighted by atomic mass is 19.1. The lowest BCUT2D eigenvalue weighted by molar-refractivity contribution is 0.0698. The van der Waals surface area contributed by atoms with E-state index in [4.69, 9.17) is 0 Å². The number of carboxylic acids is 1. The predicted molar refractivity (Wildman–Crippen MR) is 81.3 cm³/mol. The Balaban J connectivity index is 2.29. The topological polar surface area (TPSA) is 49.3 Å². The van der Waals surface area contributed by atoms with Crippen LogP contribution in [0.3, 0.4) is 0 Å². The molecule has 0 fully saturated rings. The van der Waals surface area contributed by atoms with Crippen molar-refractivity contribution in [3.8, 4) is 0 Å². The van der Waals surface area contributed by atoms with Crippen molar-refractivity contribution in [1.82, 2.24) is 0 Å². The molecule has 0 bridgehead atoms. The molecule has 2 aromatic rings. The maximum Gasteiger partial charge on any atom is 0.337 e. The summed E-state index contributed by atoms with van der Waals surface area (Å²) >= 11 is 0. The zero-order chi connectivity index (χ0) is 15.6. The minimum Gasteiger partial charge on any atom is -0.478 e. The molecular weight excluding hydrogens is 269 g/mol. The lowest BCUT2D eigenvalue weighted by atomic mass is 10.0. The maximum absolute atomic E-state index is 13.6. The van der Waals surface area contributed by atoms with Crippen LogP contribution in [0.1, 0.15) is 40.0 Å². The van der Waals surface area contributed by atoms with Crippen LogP contribution in [-0.2, 0) is 0 Å². The molecule has 110 valence electrons. The van der Waals surface area contributed by atoms with E-state index >= 15 is 0 Å². The van der Waals surface area contributed by atoms with E-state index in [0.29, 0.717) is 11.3 Å². The molecule has 21 heavy (non-hydrogen) atoms. The average molecular weight is 287 g/mol. The van der Waals surface area contributed by atoms with Gasteiger partial charge in [-0.2, -0.15) is 0 Å². The number of anilines is 1. The maximum atomic E-state index is 13.6. The van der Waals surface area contributed by atoms with Crippen molar-refractivity contribution in [2.75, 3.05) is 5.32 Å². The molecule has 1 atom stereocenters. The second-order valence-corrected chi connectivity index (χ2v) is 5.23. The first-order valence-electron chi connectivity index (χ1n) is 6.75. The fourth-order valence-electron chi connectivity index (χ4n) is 2.16. The van der Waals surface area contributed by atoms with Crippen LogP contribution >= 0.6 is 0 Å². The van der Waals surface area contributed by atoms with Gasteiger partial charge in [-0.15, -0.1) is 0 Å². The van der Waals surface area contributed by atoms with Crippen LogP contribution in [0.2, 0.25) is 0 Å². The molecule has 0 aliphatic heterocycles. The number of aromatic carboxylic acids is 1. The summed E-state index contributed by atoms with van der Waals surface area (Å²) < 4.78 is 13.6. The Morgan fingerprint density at radius 3 is 2.52 bits per heavy atom. The minimum absolute atomic E-state index is 0.194. The van der Waals surface area contributed by atoms with Gasteiger partial charge in [0.15, 0.2) is 0 Å². The number of nitrogens with one attached hydrogen (secondary N) is 1. The number of halogens is 1. The van der Waals surface area contributed by atoms with E-state index in [9.17, 15) is 14.3 Å². The summed E-state index contributed by atoms with van der Waals surface area (Å²) in [5.41, 5.74) is 2.99. The molecule has 0 saturated heterocycles. The lowest BCUT2D eigenvalue weighted by Crippen LogP contribution is -2.11.